The van der Waals surface area contributed by atoms with E-state index >= 15 is 0 Å². The van der Waals surface area contributed by atoms with Crippen molar-refractivity contribution in [1.29, 1.82) is 0 Å². The van der Waals surface area contributed by atoms with Crippen molar-refractivity contribution in [2.75, 3.05) is 32.4 Å². The van der Waals surface area contributed by atoms with Gasteiger partial charge in [-0.05, 0) is 25.1 Å². The van der Waals surface area contributed by atoms with Gasteiger partial charge in [0.25, 0.3) is 5.91 Å². The number of nitrogens with zero attached hydrogens (tertiary/aromatic N) is 1. The van der Waals surface area contributed by atoms with Crippen LogP contribution in [0.4, 0.5) is 13.2 Å². The summed E-state index contributed by atoms with van der Waals surface area (Å²) < 4.78 is 66.6. The Labute approximate surface area is 143 Å². The molecule has 6 nitrogen and oxygen atoms in total. The third-order valence-electron chi connectivity index (χ3n) is 3.78. The molecule has 1 N–H and O–H groups in total. The largest absolute Gasteiger partial charge is 0.480 e. The maximum atomic E-state index is 12.8. The van der Waals surface area contributed by atoms with Crippen molar-refractivity contribution in [3.63, 3.8) is 0 Å². The number of rotatable bonds is 4. The topological polar surface area (TPSA) is 75.7 Å². The highest BCUT2D eigenvalue weighted by molar-refractivity contribution is 7.90. The second kappa shape index (κ2) is 7.20. The Morgan fingerprint density at radius 1 is 1.28 bits per heavy atom. The average molecular weight is 380 g/mol. The van der Waals surface area contributed by atoms with Crippen LogP contribution in [-0.4, -0.2) is 63.9 Å². The third kappa shape index (κ3) is 4.85. The Bertz CT molecular complexity index is 744. The summed E-state index contributed by atoms with van der Waals surface area (Å²) in [6.07, 6.45) is -5.78. The number of alkyl halides is 3. The minimum Gasteiger partial charge on any atom is -0.480 e. The quantitative estimate of drug-likeness (QED) is 0.856. The van der Waals surface area contributed by atoms with Crippen molar-refractivity contribution in [2.45, 2.75) is 24.1 Å². The second-order valence-electron chi connectivity index (χ2n) is 5.77. The summed E-state index contributed by atoms with van der Waals surface area (Å²) >= 11 is 0. The molecule has 0 unspecified atom stereocenters. The Morgan fingerprint density at radius 3 is 2.40 bits per heavy atom. The lowest BCUT2D eigenvalue weighted by molar-refractivity contribution is -0.189. The minimum absolute atomic E-state index is 0.155. The molecule has 1 atom stereocenters. The molecule has 140 valence electrons. The molecule has 10 heteroatoms. The minimum atomic E-state index is -4.61. The number of ether oxygens (including phenoxy) is 1. The van der Waals surface area contributed by atoms with Crippen molar-refractivity contribution >= 4 is 15.7 Å². The molecule has 1 aliphatic heterocycles. The molecule has 1 fully saturated rings. The summed E-state index contributed by atoms with van der Waals surface area (Å²) in [6.45, 7) is 2.66. The highest BCUT2D eigenvalue weighted by atomic mass is 32.2. The van der Waals surface area contributed by atoms with Gasteiger partial charge in [-0.1, -0.05) is 0 Å². The predicted octanol–water partition coefficient (Wildman–Crippen LogP) is 1.47. The molecule has 0 spiro atoms. The molecule has 0 bridgehead atoms. The van der Waals surface area contributed by atoms with Crippen LogP contribution in [0.15, 0.2) is 23.1 Å². The van der Waals surface area contributed by atoms with E-state index in [1.165, 1.54) is 4.90 Å². The van der Waals surface area contributed by atoms with Crippen molar-refractivity contribution in [2.24, 2.45) is 0 Å². The summed E-state index contributed by atoms with van der Waals surface area (Å²) in [5.74, 6) is -0.850. The van der Waals surface area contributed by atoms with E-state index in [2.05, 4.69) is 5.32 Å². The summed E-state index contributed by atoms with van der Waals surface area (Å²) in [7, 11) is -3.62. The number of carbonyl (C=O) groups is 1. The highest BCUT2D eigenvalue weighted by Crippen LogP contribution is 2.29. The molecular weight excluding hydrogens is 361 g/mol. The maximum Gasteiger partial charge on any atom is 0.425 e. The third-order valence-corrected chi connectivity index (χ3v) is 4.89. The Morgan fingerprint density at radius 2 is 1.88 bits per heavy atom. The van der Waals surface area contributed by atoms with E-state index in [1.54, 1.807) is 0 Å². The maximum absolute atomic E-state index is 12.8. The molecule has 0 aliphatic carbocycles. The van der Waals surface area contributed by atoms with E-state index in [4.69, 9.17) is 4.74 Å². The van der Waals surface area contributed by atoms with Crippen LogP contribution in [0, 0.1) is 0 Å². The van der Waals surface area contributed by atoms with Gasteiger partial charge in [-0.3, -0.25) is 4.79 Å². The molecule has 0 radical (unpaired) electrons. The van der Waals surface area contributed by atoms with Crippen LogP contribution in [0.3, 0.4) is 0 Å². The molecule has 1 aromatic rings. The van der Waals surface area contributed by atoms with E-state index < -0.39 is 28.0 Å². The molecular formula is C15H19F3N2O4S. The average Bonchev–Trinajstić information content (AvgIpc) is 2.53. The Balaban J connectivity index is 2.42. The van der Waals surface area contributed by atoms with Crippen LogP contribution < -0.4 is 10.1 Å². The number of hydrogen-bond acceptors (Lipinski definition) is 5. The first-order valence-corrected chi connectivity index (χ1v) is 9.47. The van der Waals surface area contributed by atoms with E-state index in [0.29, 0.717) is 26.2 Å². The lowest BCUT2D eigenvalue weighted by Crippen LogP contribution is -2.46. The molecule has 2 rings (SSSR count). The number of sulfone groups is 1. The first kappa shape index (κ1) is 19.5. The lowest BCUT2D eigenvalue weighted by atomic mass is 10.1. The first-order valence-electron chi connectivity index (χ1n) is 7.57. The van der Waals surface area contributed by atoms with Crippen LogP contribution in [-0.2, 0) is 9.84 Å². The van der Waals surface area contributed by atoms with Gasteiger partial charge in [-0.15, -0.1) is 0 Å². The van der Waals surface area contributed by atoms with Gasteiger partial charge in [-0.25, -0.2) is 8.42 Å². The molecule has 0 aromatic heterocycles. The van der Waals surface area contributed by atoms with Gasteiger partial charge in [0, 0.05) is 32.4 Å². The number of amides is 1. The fourth-order valence-corrected chi connectivity index (χ4v) is 2.95. The van der Waals surface area contributed by atoms with Crippen molar-refractivity contribution in [3.05, 3.63) is 23.8 Å². The van der Waals surface area contributed by atoms with E-state index in [-0.39, 0.29) is 16.2 Å². The number of piperazine rings is 1. The molecule has 25 heavy (non-hydrogen) atoms. The number of carbonyl (C=O) groups excluding carboxylic acids is 1. The SMILES string of the molecule is C[C@H](Oc1ccc(S(C)(=O)=O)cc1C(=O)N1CCNCC1)C(F)(F)F. The summed E-state index contributed by atoms with van der Waals surface area (Å²) in [5, 5.41) is 3.05. The van der Waals surface area contributed by atoms with Crippen LogP contribution in [0.25, 0.3) is 0 Å². The van der Waals surface area contributed by atoms with E-state index in [0.717, 1.165) is 31.4 Å². The van der Waals surface area contributed by atoms with Crippen LogP contribution in [0.1, 0.15) is 17.3 Å². The van der Waals surface area contributed by atoms with Gasteiger partial charge >= 0.3 is 6.18 Å². The van der Waals surface area contributed by atoms with Crippen LogP contribution in [0.5, 0.6) is 5.75 Å². The number of hydrogen-bond donors (Lipinski definition) is 1. The monoisotopic (exact) mass is 380 g/mol. The van der Waals surface area contributed by atoms with Crippen LogP contribution in [0.2, 0.25) is 0 Å². The van der Waals surface area contributed by atoms with Gasteiger partial charge in [0.1, 0.15) is 5.75 Å². The smallest absolute Gasteiger partial charge is 0.425 e. The normalized spacial score (nSPS) is 17.2. The van der Waals surface area contributed by atoms with Gasteiger partial charge in [0.05, 0.1) is 10.5 Å². The van der Waals surface area contributed by atoms with E-state index in [9.17, 15) is 26.4 Å². The fourth-order valence-electron chi connectivity index (χ4n) is 2.31. The Hall–Kier alpha value is -1.81. The molecule has 1 amide bonds. The van der Waals surface area contributed by atoms with Crippen molar-refractivity contribution in [1.82, 2.24) is 10.2 Å². The predicted molar refractivity (Wildman–Crippen MR) is 84.5 cm³/mol. The zero-order valence-corrected chi connectivity index (χ0v) is 14.6. The molecule has 1 heterocycles. The first-order chi connectivity index (χ1) is 11.5. The molecule has 1 aliphatic rings. The Kier molecular flexibility index (Phi) is 5.62. The zero-order chi connectivity index (χ0) is 18.8. The van der Waals surface area contributed by atoms with Crippen molar-refractivity contribution in [3.8, 4) is 5.75 Å². The van der Waals surface area contributed by atoms with Gasteiger partial charge in [-0.2, -0.15) is 13.2 Å². The highest BCUT2D eigenvalue weighted by Gasteiger charge is 2.39. The van der Waals surface area contributed by atoms with E-state index in [1.807, 2.05) is 0 Å². The van der Waals surface area contributed by atoms with Gasteiger partial charge < -0.3 is 15.0 Å². The number of nitrogens with one attached hydrogen (secondary N) is 1. The van der Waals surface area contributed by atoms with Crippen LogP contribution >= 0.6 is 0 Å². The zero-order valence-electron chi connectivity index (χ0n) is 13.8. The van der Waals surface area contributed by atoms with Gasteiger partial charge in [0.2, 0.25) is 0 Å². The number of halogens is 3. The fraction of sp³-hybridized carbons (Fsp3) is 0.533. The lowest BCUT2D eigenvalue weighted by Gasteiger charge is -2.28. The molecule has 1 saturated heterocycles. The van der Waals surface area contributed by atoms with Gasteiger partial charge in [0.15, 0.2) is 15.9 Å². The standard InChI is InChI=1S/C15H19F3N2O4S/c1-10(15(16,17)18)24-13-4-3-11(25(2,22)23)9-12(13)14(21)20-7-5-19-6-8-20/h3-4,9-10,19H,5-8H2,1-2H3/t10-/m0/s1. The molecule has 1 aromatic carbocycles. The summed E-state index contributed by atoms with van der Waals surface area (Å²) in [4.78, 5) is 14.0. The number of benzene rings is 1. The van der Waals surface area contributed by atoms with Crippen molar-refractivity contribution < 1.29 is 31.1 Å². The second-order valence-corrected chi connectivity index (χ2v) is 7.79. The summed E-state index contributed by atoms with van der Waals surface area (Å²) in [6, 6.07) is 3.29. The molecule has 0 saturated carbocycles. The summed E-state index contributed by atoms with van der Waals surface area (Å²) in [5.41, 5.74) is -0.194.